The van der Waals surface area contributed by atoms with E-state index in [9.17, 15) is 24.6 Å². The first-order valence-corrected chi connectivity index (χ1v) is 11.1. The number of β-lactam (4-membered cyclic amide) rings is 1. The Balaban J connectivity index is 1.42. The van der Waals surface area contributed by atoms with Crippen molar-refractivity contribution in [2.24, 2.45) is 11.8 Å². The molecule has 4 rings (SSSR count). The quantitative estimate of drug-likeness (QED) is 0.315. The Kier molecular flexibility index (Phi) is 5.71. The monoisotopic (exact) mass is 446 g/mol. The van der Waals surface area contributed by atoms with Gasteiger partial charge in [-0.1, -0.05) is 6.92 Å². The highest BCUT2D eigenvalue weighted by Crippen LogP contribution is 2.51. The number of benzene rings is 1. The van der Waals surface area contributed by atoms with E-state index >= 15 is 0 Å². The number of nitrogens with one attached hydrogen (secondary N) is 2. The number of nitrogens with zero attached hydrogens (tertiary/aromatic N) is 1. The molecule has 166 valence electrons. The molecule has 6 N–H and O–H groups in total. The Morgan fingerprint density at radius 3 is 2.61 bits per heavy atom. The van der Waals surface area contributed by atoms with Crippen LogP contribution in [0, 0.1) is 11.8 Å². The molecule has 0 aliphatic carbocycles. The summed E-state index contributed by atoms with van der Waals surface area (Å²) < 4.78 is 0. The number of anilines is 1. The standard InChI is InChI=1S/C21H26N4O5S/c1-9-16-15(10(2)26)20(28)25(16)17(21(29)30)18(9)31-13-7-14(23-8-13)24-19(27)11-3-5-12(22)6-4-11/h3-6,9-10,13-16,23,26H,7-8,22H2,1-2H3,(H,24,27)(H,29,30)/t9-,10-,13+,14-,15-,16-/m1/s1. The summed E-state index contributed by atoms with van der Waals surface area (Å²) in [6.45, 7) is 4.06. The second-order valence-corrected chi connectivity index (χ2v) is 9.65. The number of nitrogens with two attached hydrogens (primary N) is 1. The summed E-state index contributed by atoms with van der Waals surface area (Å²) >= 11 is 1.44. The van der Waals surface area contributed by atoms with Gasteiger partial charge in [-0.15, -0.1) is 11.8 Å². The molecule has 3 aliphatic rings. The number of aliphatic hydroxyl groups excluding tert-OH is 1. The molecule has 2 saturated heterocycles. The molecule has 0 bridgehead atoms. The van der Waals surface area contributed by atoms with Crippen LogP contribution < -0.4 is 16.4 Å². The average Bonchev–Trinajstić information content (AvgIpc) is 3.23. The number of amides is 2. The van der Waals surface area contributed by atoms with Gasteiger partial charge >= 0.3 is 5.97 Å². The van der Waals surface area contributed by atoms with E-state index in [4.69, 9.17) is 5.73 Å². The highest BCUT2D eigenvalue weighted by molar-refractivity contribution is 8.03. The van der Waals surface area contributed by atoms with E-state index in [1.165, 1.54) is 16.7 Å². The predicted octanol–water partition coefficient (Wildman–Crippen LogP) is 0.574. The summed E-state index contributed by atoms with van der Waals surface area (Å²) in [7, 11) is 0. The Labute approximate surface area is 184 Å². The maximum Gasteiger partial charge on any atom is 0.353 e. The van der Waals surface area contributed by atoms with E-state index in [2.05, 4.69) is 10.6 Å². The molecule has 3 heterocycles. The molecular formula is C21H26N4O5S. The van der Waals surface area contributed by atoms with Crippen molar-refractivity contribution >= 4 is 35.2 Å². The lowest BCUT2D eigenvalue weighted by atomic mass is 9.79. The van der Waals surface area contributed by atoms with E-state index in [0.29, 0.717) is 29.1 Å². The molecule has 0 unspecified atom stereocenters. The lowest BCUT2D eigenvalue weighted by Gasteiger charge is -2.46. The smallest absolute Gasteiger partial charge is 0.353 e. The van der Waals surface area contributed by atoms with Crippen molar-refractivity contribution in [3.05, 3.63) is 40.4 Å². The summed E-state index contributed by atoms with van der Waals surface area (Å²) in [5.74, 6) is -2.42. The van der Waals surface area contributed by atoms with E-state index < -0.39 is 18.0 Å². The lowest BCUT2D eigenvalue weighted by Crippen LogP contribution is -2.63. The molecule has 9 nitrogen and oxygen atoms in total. The summed E-state index contributed by atoms with van der Waals surface area (Å²) in [6, 6.07) is 6.34. The van der Waals surface area contributed by atoms with Gasteiger partial charge in [-0.25, -0.2) is 4.79 Å². The molecule has 3 aliphatic heterocycles. The van der Waals surface area contributed by atoms with Crippen LogP contribution in [-0.4, -0.2) is 63.0 Å². The molecule has 31 heavy (non-hydrogen) atoms. The number of carboxylic acids is 1. The summed E-state index contributed by atoms with van der Waals surface area (Å²) in [6.07, 6.45) is -0.443. The van der Waals surface area contributed by atoms with Crippen LogP contribution in [-0.2, 0) is 9.59 Å². The molecule has 0 radical (unpaired) electrons. The number of hydrogen-bond donors (Lipinski definition) is 5. The third-order valence-electron chi connectivity index (χ3n) is 6.17. The van der Waals surface area contributed by atoms with E-state index in [-0.39, 0.29) is 40.9 Å². The van der Waals surface area contributed by atoms with Gasteiger partial charge in [-0.05, 0) is 37.6 Å². The number of carboxylic acid groups (broad SMARTS) is 1. The van der Waals surface area contributed by atoms with Crippen LogP contribution in [0.15, 0.2) is 34.9 Å². The topological polar surface area (TPSA) is 145 Å². The Bertz CT molecular complexity index is 948. The van der Waals surface area contributed by atoms with Crippen molar-refractivity contribution in [1.29, 1.82) is 0 Å². The molecule has 1 aromatic carbocycles. The largest absolute Gasteiger partial charge is 0.477 e. The van der Waals surface area contributed by atoms with Crippen molar-refractivity contribution in [2.75, 3.05) is 12.3 Å². The zero-order valence-electron chi connectivity index (χ0n) is 17.2. The first-order chi connectivity index (χ1) is 14.7. The van der Waals surface area contributed by atoms with E-state index in [1.807, 2.05) is 6.92 Å². The number of fused-ring (bicyclic) bond motifs is 1. The van der Waals surface area contributed by atoms with Crippen LogP contribution in [0.2, 0.25) is 0 Å². The summed E-state index contributed by atoms with van der Waals surface area (Å²) in [4.78, 5) is 38.8. The average molecular weight is 447 g/mol. The molecule has 0 saturated carbocycles. The fourth-order valence-corrected chi connectivity index (χ4v) is 6.12. The zero-order valence-corrected chi connectivity index (χ0v) is 18.1. The number of aliphatic hydroxyl groups is 1. The molecule has 0 spiro atoms. The molecule has 10 heteroatoms. The van der Waals surface area contributed by atoms with Gasteiger partial charge in [0.05, 0.1) is 24.2 Å². The molecule has 2 amide bonds. The van der Waals surface area contributed by atoms with Gasteiger partial charge in [-0.2, -0.15) is 0 Å². The normalized spacial score (nSPS) is 30.7. The van der Waals surface area contributed by atoms with Gasteiger partial charge in [0, 0.05) is 33.9 Å². The Morgan fingerprint density at radius 2 is 2.00 bits per heavy atom. The van der Waals surface area contributed by atoms with Crippen LogP contribution in [0.1, 0.15) is 30.6 Å². The van der Waals surface area contributed by atoms with Crippen molar-refractivity contribution < 1.29 is 24.6 Å². The highest BCUT2D eigenvalue weighted by Gasteiger charge is 2.60. The van der Waals surface area contributed by atoms with Gasteiger partial charge in [0.2, 0.25) is 5.91 Å². The SMILES string of the molecule is C[C@@H](O)[C@H]1C(=O)N2C(C(=O)O)=C(S[C@@H]3CN[C@H](NC(=O)c4ccc(N)cc4)C3)[C@H](C)[C@H]12. The first-order valence-electron chi connectivity index (χ1n) is 10.2. The first kappa shape index (κ1) is 21.7. The Hall–Kier alpha value is -2.56. The Morgan fingerprint density at radius 1 is 1.32 bits per heavy atom. The van der Waals surface area contributed by atoms with Crippen LogP contribution in [0.3, 0.4) is 0 Å². The third-order valence-corrected chi connectivity index (χ3v) is 7.68. The van der Waals surface area contributed by atoms with E-state index in [0.717, 1.165) is 0 Å². The second kappa shape index (κ2) is 8.18. The number of carbonyl (C=O) groups excluding carboxylic acids is 2. The number of hydrogen-bond acceptors (Lipinski definition) is 7. The summed E-state index contributed by atoms with van der Waals surface area (Å²) in [5, 5.41) is 25.9. The number of thioether (sulfide) groups is 1. The number of aliphatic carboxylic acids is 1. The van der Waals surface area contributed by atoms with Crippen LogP contribution in [0.5, 0.6) is 0 Å². The molecule has 1 aromatic rings. The third kappa shape index (κ3) is 3.79. The number of nitrogen functional groups attached to an aromatic ring is 1. The van der Waals surface area contributed by atoms with Gasteiger partial charge in [0.15, 0.2) is 0 Å². The van der Waals surface area contributed by atoms with Crippen molar-refractivity contribution in [2.45, 2.75) is 43.8 Å². The predicted molar refractivity (Wildman–Crippen MR) is 116 cm³/mol. The fourth-order valence-electron chi connectivity index (χ4n) is 4.64. The minimum Gasteiger partial charge on any atom is -0.477 e. The zero-order chi connectivity index (χ0) is 22.4. The van der Waals surface area contributed by atoms with Crippen molar-refractivity contribution in [1.82, 2.24) is 15.5 Å². The number of carbonyl (C=O) groups is 3. The molecule has 2 fully saturated rings. The van der Waals surface area contributed by atoms with Gasteiger partial charge in [0.1, 0.15) is 5.70 Å². The minimum absolute atomic E-state index is 0.0266. The molecule has 6 atom stereocenters. The van der Waals surface area contributed by atoms with Crippen molar-refractivity contribution in [3.63, 3.8) is 0 Å². The van der Waals surface area contributed by atoms with Crippen molar-refractivity contribution in [3.8, 4) is 0 Å². The highest BCUT2D eigenvalue weighted by atomic mass is 32.2. The maximum absolute atomic E-state index is 12.4. The van der Waals surface area contributed by atoms with Crippen LogP contribution in [0.25, 0.3) is 0 Å². The maximum atomic E-state index is 12.4. The van der Waals surface area contributed by atoms with E-state index in [1.54, 1.807) is 31.2 Å². The minimum atomic E-state index is -1.13. The van der Waals surface area contributed by atoms with Crippen LogP contribution >= 0.6 is 11.8 Å². The fraction of sp³-hybridized carbons (Fsp3) is 0.476. The number of rotatable bonds is 6. The van der Waals surface area contributed by atoms with Gasteiger partial charge in [0.25, 0.3) is 5.91 Å². The van der Waals surface area contributed by atoms with Gasteiger partial charge < -0.3 is 26.2 Å². The molecule has 0 aromatic heterocycles. The molecular weight excluding hydrogens is 420 g/mol. The van der Waals surface area contributed by atoms with Crippen LogP contribution in [0.4, 0.5) is 5.69 Å². The second-order valence-electron chi connectivity index (χ2n) is 8.30. The van der Waals surface area contributed by atoms with Gasteiger partial charge in [-0.3, -0.25) is 14.9 Å². The summed E-state index contributed by atoms with van der Waals surface area (Å²) in [5.41, 5.74) is 6.78. The lowest BCUT2D eigenvalue weighted by molar-refractivity contribution is -0.163.